The molecule has 2 heterocycles. The highest BCUT2D eigenvalue weighted by Crippen LogP contribution is 2.45. The van der Waals surface area contributed by atoms with E-state index in [1.54, 1.807) is 7.11 Å². The van der Waals surface area contributed by atoms with Crippen LogP contribution in [0.2, 0.25) is 5.02 Å². The van der Waals surface area contributed by atoms with Gasteiger partial charge in [-0.15, -0.1) is 0 Å². The highest BCUT2D eigenvalue weighted by Gasteiger charge is 2.40. The molecule has 7 heteroatoms. The molecule has 162 valence electrons. The maximum atomic E-state index is 10.7. The first-order chi connectivity index (χ1) is 14.4. The third kappa shape index (κ3) is 4.03. The summed E-state index contributed by atoms with van der Waals surface area (Å²) in [6.45, 7) is 1.74. The Morgan fingerprint density at radius 3 is 2.60 bits per heavy atom. The van der Waals surface area contributed by atoms with Crippen LogP contribution in [0.25, 0.3) is 0 Å². The van der Waals surface area contributed by atoms with Crippen molar-refractivity contribution in [2.24, 2.45) is 0 Å². The number of methoxy groups -OCH3 is 1. The highest BCUT2D eigenvalue weighted by molar-refractivity contribution is 6.33. The number of hydrogen-bond donors (Lipinski definition) is 3. The summed E-state index contributed by atoms with van der Waals surface area (Å²) < 4.78 is 17.2. The van der Waals surface area contributed by atoms with Crippen molar-refractivity contribution in [3.63, 3.8) is 0 Å². The van der Waals surface area contributed by atoms with E-state index in [4.69, 9.17) is 25.8 Å². The normalized spacial score (nSPS) is 28.1. The van der Waals surface area contributed by atoms with Crippen molar-refractivity contribution in [3.05, 3.63) is 57.6 Å². The third-order valence-electron chi connectivity index (χ3n) is 5.86. The zero-order chi connectivity index (χ0) is 21.4. The summed E-state index contributed by atoms with van der Waals surface area (Å²) in [5.41, 5.74) is 3.54. The number of hydrogen-bond acceptors (Lipinski definition) is 6. The summed E-state index contributed by atoms with van der Waals surface area (Å²) in [6, 6.07) is 9.68. The van der Waals surface area contributed by atoms with Crippen molar-refractivity contribution >= 4 is 11.6 Å². The van der Waals surface area contributed by atoms with Gasteiger partial charge >= 0.3 is 0 Å². The Bertz CT molecular complexity index is 900. The molecule has 0 radical (unpaired) electrons. The molecule has 0 aliphatic carbocycles. The van der Waals surface area contributed by atoms with Crippen LogP contribution in [-0.4, -0.2) is 53.5 Å². The second-order valence-corrected chi connectivity index (χ2v) is 8.44. The Hall–Kier alpha value is -1.83. The minimum absolute atomic E-state index is 0.0493. The van der Waals surface area contributed by atoms with Gasteiger partial charge in [-0.1, -0.05) is 29.8 Å². The number of halogens is 1. The zero-order valence-corrected chi connectivity index (χ0v) is 17.8. The molecule has 0 amide bonds. The predicted octanol–water partition coefficient (Wildman–Crippen LogP) is 2.81. The average molecular weight is 435 g/mol. The molecular formula is C23H27ClO6. The van der Waals surface area contributed by atoms with Crippen molar-refractivity contribution in [3.8, 4) is 11.5 Å². The molecule has 0 spiro atoms. The Morgan fingerprint density at radius 2 is 1.93 bits per heavy atom. The summed E-state index contributed by atoms with van der Waals surface area (Å²) in [5, 5.41) is 31.1. The molecule has 2 aromatic rings. The van der Waals surface area contributed by atoms with Crippen LogP contribution in [-0.2, 0) is 17.6 Å². The van der Waals surface area contributed by atoms with E-state index in [0.29, 0.717) is 23.6 Å². The first-order valence-electron chi connectivity index (χ1n) is 10.2. The van der Waals surface area contributed by atoms with Crippen LogP contribution in [0.3, 0.4) is 0 Å². The van der Waals surface area contributed by atoms with Crippen LogP contribution in [0.4, 0.5) is 0 Å². The molecule has 4 rings (SSSR count). The molecule has 0 aromatic heterocycles. The number of rotatable bonds is 5. The maximum absolute atomic E-state index is 10.7. The largest absolute Gasteiger partial charge is 0.497 e. The Kier molecular flexibility index (Phi) is 6.23. The van der Waals surface area contributed by atoms with Gasteiger partial charge < -0.3 is 29.5 Å². The Labute approximate surface area is 181 Å². The molecule has 5 atom stereocenters. The third-order valence-corrected chi connectivity index (χ3v) is 6.27. The fourth-order valence-corrected chi connectivity index (χ4v) is 4.57. The van der Waals surface area contributed by atoms with E-state index < -0.39 is 24.4 Å². The molecule has 0 bridgehead atoms. The van der Waals surface area contributed by atoms with Crippen molar-refractivity contribution < 1.29 is 29.5 Å². The second kappa shape index (κ2) is 8.73. The van der Waals surface area contributed by atoms with Gasteiger partial charge in [-0.05, 0) is 42.2 Å². The van der Waals surface area contributed by atoms with Crippen LogP contribution in [0.5, 0.6) is 11.5 Å². The van der Waals surface area contributed by atoms with Gasteiger partial charge in [0.25, 0.3) is 0 Å². The van der Waals surface area contributed by atoms with Crippen molar-refractivity contribution in [1.82, 2.24) is 0 Å². The van der Waals surface area contributed by atoms with E-state index in [0.717, 1.165) is 28.0 Å². The first kappa shape index (κ1) is 21.4. The van der Waals surface area contributed by atoms with E-state index in [1.165, 1.54) is 0 Å². The standard InChI is InChI=1S/C23H27ClO6/c1-12-7-17-18(23-21(27)19(26)10-16(11-25)30-23)9-14(20(24)22(17)29-12)8-13-3-5-15(28-2)6-4-13/h3-6,9,12,16,19,21,23,25-27H,7-8,10-11H2,1-2H3/t12?,16?,19?,21-,23?/m1/s1. The van der Waals surface area contributed by atoms with Gasteiger partial charge in [-0.3, -0.25) is 0 Å². The molecule has 1 saturated heterocycles. The lowest BCUT2D eigenvalue weighted by molar-refractivity contribution is -0.179. The summed E-state index contributed by atoms with van der Waals surface area (Å²) in [7, 11) is 1.63. The fourth-order valence-electron chi connectivity index (χ4n) is 4.29. The summed E-state index contributed by atoms with van der Waals surface area (Å²) >= 11 is 6.72. The minimum Gasteiger partial charge on any atom is -0.497 e. The van der Waals surface area contributed by atoms with E-state index >= 15 is 0 Å². The van der Waals surface area contributed by atoms with Gasteiger partial charge in [0.1, 0.15) is 29.8 Å². The SMILES string of the molecule is COc1ccc(Cc2cc(C3OC(CO)CC(O)[C@H]3O)c3c(c2Cl)OC(C)C3)cc1. The first-order valence-corrected chi connectivity index (χ1v) is 10.5. The molecule has 4 unspecified atom stereocenters. The molecule has 2 aliphatic heterocycles. The van der Waals surface area contributed by atoms with E-state index in [2.05, 4.69) is 0 Å². The van der Waals surface area contributed by atoms with Gasteiger partial charge in [0, 0.05) is 18.4 Å². The lowest BCUT2D eigenvalue weighted by atomic mass is 9.87. The van der Waals surface area contributed by atoms with Gasteiger partial charge in [0.2, 0.25) is 0 Å². The van der Waals surface area contributed by atoms with E-state index in [-0.39, 0.29) is 19.1 Å². The molecule has 6 nitrogen and oxygen atoms in total. The monoisotopic (exact) mass is 434 g/mol. The molecule has 2 aliphatic rings. The molecule has 30 heavy (non-hydrogen) atoms. The zero-order valence-electron chi connectivity index (χ0n) is 17.0. The van der Waals surface area contributed by atoms with Crippen LogP contribution >= 0.6 is 11.6 Å². The number of benzene rings is 2. The lowest BCUT2D eigenvalue weighted by Crippen LogP contribution is -2.44. The number of ether oxygens (including phenoxy) is 3. The molecule has 0 saturated carbocycles. The fraction of sp³-hybridized carbons (Fsp3) is 0.478. The molecule has 3 N–H and O–H groups in total. The number of aliphatic hydroxyl groups is 3. The average Bonchev–Trinajstić information content (AvgIpc) is 3.14. The minimum atomic E-state index is -1.09. The molecule has 2 aromatic carbocycles. The topological polar surface area (TPSA) is 88.4 Å². The summed E-state index contributed by atoms with van der Waals surface area (Å²) in [6.07, 6.45) is -2.03. The van der Waals surface area contributed by atoms with Crippen molar-refractivity contribution in [2.75, 3.05) is 13.7 Å². The maximum Gasteiger partial charge on any atom is 0.142 e. The van der Waals surface area contributed by atoms with Crippen LogP contribution < -0.4 is 9.47 Å². The summed E-state index contributed by atoms with van der Waals surface area (Å²) in [5.74, 6) is 1.39. The van der Waals surface area contributed by atoms with Crippen LogP contribution in [0.1, 0.15) is 41.7 Å². The quantitative estimate of drug-likeness (QED) is 0.670. The van der Waals surface area contributed by atoms with E-state index in [1.807, 2.05) is 37.3 Å². The molecule has 1 fully saturated rings. The van der Waals surface area contributed by atoms with Gasteiger partial charge in [-0.2, -0.15) is 0 Å². The van der Waals surface area contributed by atoms with E-state index in [9.17, 15) is 15.3 Å². The number of aliphatic hydroxyl groups excluding tert-OH is 3. The Morgan fingerprint density at radius 1 is 1.20 bits per heavy atom. The lowest BCUT2D eigenvalue weighted by Gasteiger charge is -2.37. The molecular weight excluding hydrogens is 408 g/mol. The van der Waals surface area contributed by atoms with Gasteiger partial charge in [0.05, 0.1) is 30.9 Å². The van der Waals surface area contributed by atoms with Gasteiger partial charge in [-0.25, -0.2) is 0 Å². The van der Waals surface area contributed by atoms with Gasteiger partial charge in [0.15, 0.2) is 0 Å². The second-order valence-electron chi connectivity index (χ2n) is 8.06. The smallest absolute Gasteiger partial charge is 0.142 e. The summed E-state index contributed by atoms with van der Waals surface area (Å²) in [4.78, 5) is 0. The van der Waals surface area contributed by atoms with Crippen LogP contribution in [0, 0.1) is 0 Å². The predicted molar refractivity (Wildman–Crippen MR) is 112 cm³/mol. The van der Waals surface area contributed by atoms with Crippen molar-refractivity contribution in [2.45, 2.75) is 56.7 Å². The number of fused-ring (bicyclic) bond motifs is 1. The van der Waals surface area contributed by atoms with Crippen molar-refractivity contribution in [1.29, 1.82) is 0 Å². The highest BCUT2D eigenvalue weighted by atomic mass is 35.5. The Balaban J connectivity index is 1.74. The van der Waals surface area contributed by atoms with Crippen LogP contribution in [0.15, 0.2) is 30.3 Å².